The fourth-order valence-corrected chi connectivity index (χ4v) is 3.38. The third-order valence-corrected chi connectivity index (χ3v) is 5.36. The van der Waals surface area contributed by atoms with Gasteiger partial charge in [0.1, 0.15) is 11.5 Å². The molecule has 2 aromatic carbocycles. The first-order valence-corrected chi connectivity index (χ1v) is 9.70. The van der Waals surface area contributed by atoms with Gasteiger partial charge in [-0.25, -0.2) is 0 Å². The number of ether oxygens (including phenoxy) is 2. The number of benzene rings is 2. The summed E-state index contributed by atoms with van der Waals surface area (Å²) in [6, 6.07) is 13.3. The van der Waals surface area contributed by atoms with E-state index in [9.17, 15) is 9.59 Å². The summed E-state index contributed by atoms with van der Waals surface area (Å²) in [6.07, 6.45) is 1.22. The molecule has 1 aliphatic rings. The number of hydrogen-bond acceptors (Lipinski definition) is 4. The van der Waals surface area contributed by atoms with E-state index in [1.54, 1.807) is 4.90 Å². The van der Waals surface area contributed by atoms with Crippen LogP contribution in [0.3, 0.4) is 0 Å². The molecule has 28 heavy (non-hydrogen) atoms. The maximum absolute atomic E-state index is 12.6. The molecular formula is C23H27NO4. The van der Waals surface area contributed by atoms with Crippen molar-refractivity contribution in [1.29, 1.82) is 0 Å². The Morgan fingerprint density at radius 2 is 1.61 bits per heavy atom. The molecule has 2 aromatic rings. The Morgan fingerprint density at radius 3 is 2.29 bits per heavy atom. The molecule has 1 heterocycles. The van der Waals surface area contributed by atoms with Gasteiger partial charge in [-0.3, -0.25) is 9.59 Å². The Hall–Kier alpha value is -2.82. The van der Waals surface area contributed by atoms with Crippen LogP contribution in [0.2, 0.25) is 0 Å². The Morgan fingerprint density at radius 1 is 0.964 bits per heavy atom. The molecule has 1 fully saturated rings. The van der Waals surface area contributed by atoms with Gasteiger partial charge in [-0.05, 0) is 62.4 Å². The van der Waals surface area contributed by atoms with E-state index in [2.05, 4.69) is 0 Å². The number of carbonyl (C=O) groups excluding carboxylic acids is 2. The fourth-order valence-electron chi connectivity index (χ4n) is 3.38. The normalized spacial score (nSPS) is 14.6. The van der Waals surface area contributed by atoms with Crippen LogP contribution >= 0.6 is 0 Å². The van der Waals surface area contributed by atoms with Crippen molar-refractivity contribution in [2.24, 2.45) is 5.92 Å². The van der Waals surface area contributed by atoms with Gasteiger partial charge >= 0.3 is 5.97 Å². The number of piperidine rings is 1. The van der Waals surface area contributed by atoms with Crippen molar-refractivity contribution in [3.63, 3.8) is 0 Å². The minimum Gasteiger partial charge on any atom is -0.484 e. The van der Waals surface area contributed by atoms with Gasteiger partial charge in [0.2, 0.25) is 0 Å². The molecule has 1 amide bonds. The van der Waals surface area contributed by atoms with Crippen molar-refractivity contribution in [2.75, 3.05) is 19.7 Å². The van der Waals surface area contributed by atoms with Crippen LogP contribution in [0, 0.1) is 26.7 Å². The molecule has 0 spiro atoms. The number of nitrogens with zero attached hydrogens (tertiary/aromatic N) is 1. The summed E-state index contributed by atoms with van der Waals surface area (Å²) in [6.45, 7) is 7.03. The molecule has 5 heteroatoms. The van der Waals surface area contributed by atoms with Crippen LogP contribution in [0.1, 0.15) is 29.5 Å². The lowest BCUT2D eigenvalue weighted by Crippen LogP contribution is -2.43. The van der Waals surface area contributed by atoms with Gasteiger partial charge < -0.3 is 14.4 Å². The number of likely N-dealkylation sites (tertiary alicyclic amines) is 1. The molecule has 0 saturated carbocycles. The van der Waals surface area contributed by atoms with E-state index >= 15 is 0 Å². The predicted molar refractivity (Wildman–Crippen MR) is 108 cm³/mol. The Labute approximate surface area is 166 Å². The highest BCUT2D eigenvalue weighted by Gasteiger charge is 2.29. The summed E-state index contributed by atoms with van der Waals surface area (Å²) in [5.41, 5.74) is 3.06. The summed E-state index contributed by atoms with van der Waals surface area (Å²) in [5, 5.41) is 0. The van der Waals surface area contributed by atoms with Crippen molar-refractivity contribution >= 4 is 11.9 Å². The Balaban J connectivity index is 1.50. The van der Waals surface area contributed by atoms with Gasteiger partial charge in [0, 0.05) is 13.1 Å². The van der Waals surface area contributed by atoms with Gasteiger partial charge in [-0.1, -0.05) is 30.3 Å². The molecule has 1 aliphatic heterocycles. The topological polar surface area (TPSA) is 55.8 Å². The molecule has 0 N–H and O–H groups in total. The zero-order valence-electron chi connectivity index (χ0n) is 16.7. The predicted octanol–water partition coefficient (Wildman–Crippen LogP) is 3.83. The summed E-state index contributed by atoms with van der Waals surface area (Å²) in [7, 11) is 0. The number of para-hydroxylation sites is 1. The lowest BCUT2D eigenvalue weighted by atomic mass is 9.96. The van der Waals surface area contributed by atoms with Crippen molar-refractivity contribution in [3.05, 3.63) is 59.2 Å². The van der Waals surface area contributed by atoms with Crippen LogP contribution in [0.15, 0.2) is 42.5 Å². The monoisotopic (exact) mass is 381 g/mol. The second-order valence-electron chi connectivity index (χ2n) is 7.33. The quantitative estimate of drug-likeness (QED) is 0.583. The fraction of sp³-hybridized carbons (Fsp3) is 0.391. The van der Waals surface area contributed by atoms with Gasteiger partial charge in [0.15, 0.2) is 6.61 Å². The van der Waals surface area contributed by atoms with Crippen molar-refractivity contribution in [2.45, 2.75) is 33.6 Å². The second-order valence-corrected chi connectivity index (χ2v) is 7.33. The van der Waals surface area contributed by atoms with Crippen LogP contribution in [-0.4, -0.2) is 36.5 Å². The standard InChI is InChI=1S/C23H27NO4/c1-16-9-10-17(2)22(18(16)3)28-23(26)19-11-13-24(14-12-19)21(25)15-27-20-7-5-4-6-8-20/h4-10,19H,11-15H2,1-3H3. The highest BCUT2D eigenvalue weighted by molar-refractivity contribution is 5.79. The summed E-state index contributed by atoms with van der Waals surface area (Å²) in [5.74, 6) is 0.904. The third kappa shape index (κ3) is 4.71. The van der Waals surface area contributed by atoms with E-state index in [1.165, 1.54) is 0 Å². The van der Waals surface area contributed by atoms with E-state index in [0.717, 1.165) is 16.7 Å². The van der Waals surface area contributed by atoms with E-state index in [-0.39, 0.29) is 24.4 Å². The number of carbonyl (C=O) groups is 2. The van der Waals surface area contributed by atoms with E-state index in [4.69, 9.17) is 9.47 Å². The first kappa shape index (κ1) is 19.9. The molecule has 0 aromatic heterocycles. The van der Waals surface area contributed by atoms with Crippen LogP contribution in [-0.2, 0) is 9.59 Å². The van der Waals surface area contributed by atoms with E-state index in [0.29, 0.717) is 37.4 Å². The van der Waals surface area contributed by atoms with Crippen LogP contribution in [0.4, 0.5) is 0 Å². The van der Waals surface area contributed by atoms with Crippen LogP contribution < -0.4 is 9.47 Å². The van der Waals surface area contributed by atoms with Crippen molar-refractivity contribution < 1.29 is 19.1 Å². The van der Waals surface area contributed by atoms with Gasteiger partial charge in [0.05, 0.1) is 5.92 Å². The molecule has 0 unspecified atom stereocenters. The second kappa shape index (κ2) is 8.91. The van der Waals surface area contributed by atoms with E-state index in [1.807, 2.05) is 63.2 Å². The number of rotatable bonds is 5. The molecule has 0 bridgehead atoms. The maximum atomic E-state index is 12.6. The molecule has 3 rings (SSSR count). The number of hydrogen-bond donors (Lipinski definition) is 0. The molecule has 0 atom stereocenters. The molecule has 5 nitrogen and oxygen atoms in total. The van der Waals surface area contributed by atoms with Crippen molar-refractivity contribution in [3.8, 4) is 11.5 Å². The zero-order chi connectivity index (χ0) is 20.1. The molecule has 0 aliphatic carbocycles. The first-order chi connectivity index (χ1) is 13.5. The average Bonchev–Trinajstić information content (AvgIpc) is 2.73. The highest BCUT2D eigenvalue weighted by atomic mass is 16.5. The largest absolute Gasteiger partial charge is 0.484 e. The minimum absolute atomic E-state index is 0.0147. The van der Waals surface area contributed by atoms with Gasteiger partial charge in [-0.2, -0.15) is 0 Å². The molecule has 148 valence electrons. The Kier molecular flexibility index (Phi) is 6.34. The van der Waals surface area contributed by atoms with Crippen molar-refractivity contribution in [1.82, 2.24) is 4.90 Å². The minimum atomic E-state index is -0.204. The molecule has 0 radical (unpaired) electrons. The maximum Gasteiger partial charge on any atom is 0.314 e. The summed E-state index contributed by atoms with van der Waals surface area (Å²) < 4.78 is 11.3. The summed E-state index contributed by atoms with van der Waals surface area (Å²) in [4.78, 5) is 26.7. The van der Waals surface area contributed by atoms with Gasteiger partial charge in [-0.15, -0.1) is 0 Å². The van der Waals surface area contributed by atoms with Crippen LogP contribution in [0.25, 0.3) is 0 Å². The molecule has 1 saturated heterocycles. The lowest BCUT2D eigenvalue weighted by Gasteiger charge is -2.31. The van der Waals surface area contributed by atoms with Gasteiger partial charge in [0.25, 0.3) is 5.91 Å². The summed E-state index contributed by atoms with van der Waals surface area (Å²) >= 11 is 0. The smallest absolute Gasteiger partial charge is 0.314 e. The Bertz CT molecular complexity index is 839. The zero-order valence-corrected chi connectivity index (χ0v) is 16.7. The number of amides is 1. The first-order valence-electron chi connectivity index (χ1n) is 9.70. The SMILES string of the molecule is Cc1ccc(C)c(OC(=O)C2CCN(C(=O)COc3ccccc3)CC2)c1C. The lowest BCUT2D eigenvalue weighted by molar-refractivity contribution is -0.144. The van der Waals surface area contributed by atoms with Crippen LogP contribution in [0.5, 0.6) is 11.5 Å². The number of aryl methyl sites for hydroxylation is 2. The van der Waals surface area contributed by atoms with E-state index < -0.39 is 0 Å². The number of esters is 1. The third-order valence-electron chi connectivity index (χ3n) is 5.36. The average molecular weight is 381 g/mol. The molecular weight excluding hydrogens is 354 g/mol. The highest BCUT2D eigenvalue weighted by Crippen LogP contribution is 2.28.